The van der Waals surface area contributed by atoms with Gasteiger partial charge in [-0.1, -0.05) is 25.7 Å². The Morgan fingerprint density at radius 1 is 0.351 bits per heavy atom. The highest BCUT2D eigenvalue weighted by atomic mass is 16.7. The maximum absolute atomic E-state index is 14.2. The van der Waals surface area contributed by atoms with E-state index in [1.165, 1.54) is 13.8 Å². The third-order valence-corrected chi connectivity index (χ3v) is 19.5. The van der Waals surface area contributed by atoms with Crippen molar-refractivity contribution in [2.24, 2.45) is 0 Å². The number of morpholine rings is 1. The lowest BCUT2D eigenvalue weighted by Crippen LogP contribution is -2.66. The largest absolute Gasteiger partial charge is 0.463 e. The Kier molecular flexibility index (Phi) is 53.3. The molecule has 0 saturated carbocycles. The fourth-order valence-corrected chi connectivity index (χ4v) is 14.0. The number of hydrogen-bond donors (Lipinski definition) is 9. The number of carbonyl (C=O) groups is 18. The number of hydrogen-bond acceptors (Lipinski definition) is 39. The summed E-state index contributed by atoms with van der Waals surface area (Å²) in [6.45, 7) is 13.9. The van der Waals surface area contributed by atoms with Crippen molar-refractivity contribution >= 4 is 107 Å². The molecule has 48 heteroatoms. The first-order valence-corrected chi connectivity index (χ1v) is 43.5. The number of amides is 9. The van der Waals surface area contributed by atoms with Crippen LogP contribution < -0.4 is 42.5 Å². The summed E-state index contributed by atoms with van der Waals surface area (Å²) in [6.07, 6.45) is -14.9. The van der Waals surface area contributed by atoms with Gasteiger partial charge in [0.05, 0.1) is 91.0 Å². The van der Waals surface area contributed by atoms with Crippen molar-refractivity contribution in [1.82, 2.24) is 47.4 Å². The Morgan fingerprint density at radius 3 is 1.01 bits per heavy atom. The van der Waals surface area contributed by atoms with Crippen molar-refractivity contribution in [3.8, 4) is 0 Å². The summed E-state index contributed by atoms with van der Waals surface area (Å²) in [5, 5.41) is 30.9. The van der Waals surface area contributed by atoms with Gasteiger partial charge in [-0.05, 0) is 39.5 Å². The van der Waals surface area contributed by atoms with Crippen LogP contribution in [0.2, 0.25) is 0 Å². The van der Waals surface area contributed by atoms with Crippen LogP contribution in [-0.4, -0.2) is 364 Å². The second-order valence-corrected chi connectivity index (χ2v) is 31.2. The number of unbranched alkanes of at least 4 members (excludes halogenated alkanes) is 5. The summed E-state index contributed by atoms with van der Waals surface area (Å²) >= 11 is 0. The van der Waals surface area contributed by atoms with Crippen LogP contribution in [-0.2, 0) is 181 Å². The number of ether oxygens (including phenoxy) is 20. The van der Waals surface area contributed by atoms with Crippen molar-refractivity contribution in [3.05, 3.63) is 0 Å². The van der Waals surface area contributed by atoms with Crippen molar-refractivity contribution in [1.29, 1.82) is 0 Å². The number of rotatable bonds is 59. The molecular formula is C83H133N9O39. The number of esters is 9. The van der Waals surface area contributed by atoms with Gasteiger partial charge in [-0.25, -0.2) is 0 Å². The van der Waals surface area contributed by atoms with E-state index in [4.69, 9.17) is 94.7 Å². The highest BCUT2D eigenvalue weighted by Crippen LogP contribution is 2.32. The first kappa shape index (κ1) is 113. The lowest BCUT2D eigenvalue weighted by atomic mass is 9.96. The van der Waals surface area contributed by atoms with E-state index < -0.39 is 237 Å². The average Bonchev–Trinajstić information content (AvgIpc) is 0.794. The zero-order chi connectivity index (χ0) is 97.2. The second-order valence-electron chi connectivity index (χ2n) is 31.2. The van der Waals surface area contributed by atoms with E-state index in [9.17, 15) is 91.4 Å². The molecule has 0 spiro atoms. The van der Waals surface area contributed by atoms with Gasteiger partial charge in [0.15, 0.2) is 55.5 Å². The summed E-state index contributed by atoms with van der Waals surface area (Å²) in [7, 11) is 0. The van der Waals surface area contributed by atoms with Crippen molar-refractivity contribution in [3.63, 3.8) is 0 Å². The first-order chi connectivity index (χ1) is 62.1. The highest BCUT2D eigenvalue weighted by Gasteiger charge is 2.55. The predicted molar refractivity (Wildman–Crippen MR) is 444 cm³/mol. The predicted octanol–water partition coefficient (Wildman–Crippen LogP) is -2.93. The Morgan fingerprint density at radius 2 is 0.672 bits per heavy atom. The van der Waals surface area contributed by atoms with Gasteiger partial charge in [-0.2, -0.15) is 0 Å². The van der Waals surface area contributed by atoms with Crippen LogP contribution in [0.5, 0.6) is 0 Å². The van der Waals surface area contributed by atoms with Crippen LogP contribution in [0.15, 0.2) is 0 Å². The molecule has 0 aromatic rings. The maximum Gasteiger partial charge on any atom is 0.303 e. The van der Waals surface area contributed by atoms with E-state index in [0.29, 0.717) is 38.6 Å². The molecule has 0 radical (unpaired) electrons. The molecule has 0 bridgehead atoms. The molecule has 744 valence electrons. The lowest BCUT2D eigenvalue weighted by molar-refractivity contribution is -0.279. The van der Waals surface area contributed by atoms with Crippen LogP contribution >= 0.6 is 0 Å². The molecule has 4 aliphatic rings. The number of nitrogens with one attached hydrogen (secondary N) is 8. The summed E-state index contributed by atoms with van der Waals surface area (Å²) < 4.78 is 113. The molecule has 0 aliphatic carbocycles. The van der Waals surface area contributed by atoms with Gasteiger partial charge in [0.1, 0.15) is 68.3 Å². The maximum atomic E-state index is 14.2. The monoisotopic (exact) mass is 1880 g/mol. The normalized spacial score (nSPS) is 23.8. The average molecular weight is 1880 g/mol. The third-order valence-electron chi connectivity index (χ3n) is 19.5. The van der Waals surface area contributed by atoms with E-state index in [2.05, 4.69) is 42.5 Å². The van der Waals surface area contributed by atoms with Crippen LogP contribution in [0.25, 0.3) is 0 Å². The SMILES string of the molecule is CC(=O)NC1C(OCCOCCNC(=O)CC[C@H](NC(=O)CC[C@H](NC(=O)CCCCCCCCC(=O)N2C[C@@H](CO)O[C@H](COC(C)C)C2)C(=O)NCCOCCOC2OC(COC(C)=O)C(OC(C)=O)C(OC(C)=O)C2NC(C)=O)C(=O)NCCOCCOC2OC(COC(C)=O)C(OC(C)=O)C(OC(C)=O)C2NC(C)=O)OC(COC(C)=O)C(OC(C)=O)C1OC(C)=O. The summed E-state index contributed by atoms with van der Waals surface area (Å²) in [5.74, 6) is -12.6. The minimum Gasteiger partial charge on any atom is -0.463 e. The van der Waals surface area contributed by atoms with E-state index in [1.807, 2.05) is 13.8 Å². The molecule has 15 unspecified atom stereocenters. The van der Waals surface area contributed by atoms with Crippen LogP contribution in [0, 0.1) is 0 Å². The zero-order valence-corrected chi connectivity index (χ0v) is 76.9. The number of aliphatic hydroxyl groups excluding tert-OH is 1. The Hall–Kier alpha value is -10.0. The number of nitrogens with zero attached hydrogens (tertiary/aromatic N) is 1. The molecule has 0 aromatic heterocycles. The molecule has 9 amide bonds. The first-order valence-electron chi connectivity index (χ1n) is 43.5. The third kappa shape index (κ3) is 45.8. The Labute approximate surface area is 759 Å². The molecule has 4 saturated heterocycles. The van der Waals surface area contributed by atoms with Gasteiger partial charge in [0.2, 0.25) is 53.2 Å². The van der Waals surface area contributed by atoms with E-state index in [-0.39, 0.29) is 149 Å². The molecule has 131 heavy (non-hydrogen) atoms. The number of carbonyl (C=O) groups excluding carboxylic acids is 18. The lowest BCUT2D eigenvalue weighted by Gasteiger charge is -2.44. The van der Waals surface area contributed by atoms with E-state index >= 15 is 0 Å². The molecule has 4 heterocycles. The minimum absolute atomic E-state index is 0.0417. The molecule has 4 fully saturated rings. The summed E-state index contributed by atoms with van der Waals surface area (Å²) in [5.41, 5.74) is 0. The molecule has 0 aromatic carbocycles. The quantitative estimate of drug-likeness (QED) is 0.0167. The molecule has 48 nitrogen and oxygen atoms in total. The van der Waals surface area contributed by atoms with Crippen molar-refractivity contribution < 1.29 is 186 Å². The standard InChI is InChI=1S/C83H133N9O39/c1-46(2)118-42-60-40-92(39-59(41-93)128-60)69(109)22-20-18-16-15-17-19-21-67(107)90-62(80(111)86-29-32-114-35-38-117-83-72(89-49(5)96)78(127-58(14)105)75(124-55(11)102)65(131-83)45-121-52(8)99)24-26-68(108)91-61(79(110)85-28-31-113-34-37-116-82-71(88-48(4)95)77(126-57(13)104)74(123-54(10)101)64(130-82)44-120-51(7)98)23-25-66(106)84-27-30-112-33-36-115-81-70(87-47(3)94)76(125-56(12)103)73(122-53(9)100)63(129-81)43-119-50(6)97/h46,59-65,70-78,81-83,93H,15-45H2,1-14H3,(H,84,106)(H,85,110)(H,86,111)(H,87,94)(H,88,95)(H,89,96)(H,90,107)(H,91,108)/t59-,60-,61-,62-,63?,64?,65?,70?,71?,72?,73?,74?,75?,76?,77?,78?,81?,82?,83?/m0/s1. The van der Waals surface area contributed by atoms with Crippen molar-refractivity contribution in [2.45, 2.75) is 296 Å². The summed E-state index contributed by atoms with van der Waals surface area (Å²) in [4.78, 5) is 232. The van der Waals surface area contributed by atoms with E-state index in [0.717, 1.165) is 75.7 Å². The van der Waals surface area contributed by atoms with Gasteiger partial charge < -0.3 is 147 Å². The van der Waals surface area contributed by atoms with Gasteiger partial charge in [0, 0.05) is 141 Å². The van der Waals surface area contributed by atoms with Crippen molar-refractivity contribution in [2.75, 3.05) is 125 Å². The zero-order valence-electron chi connectivity index (χ0n) is 76.9. The molecule has 4 rings (SSSR count). The molecule has 9 N–H and O–H groups in total. The van der Waals surface area contributed by atoms with Gasteiger partial charge in [-0.3, -0.25) is 86.3 Å². The Bertz CT molecular complexity index is 3690. The van der Waals surface area contributed by atoms with Gasteiger partial charge in [0.25, 0.3) is 0 Å². The number of aliphatic hydroxyl groups is 1. The summed E-state index contributed by atoms with van der Waals surface area (Å²) in [6, 6.07) is -6.66. The van der Waals surface area contributed by atoms with Gasteiger partial charge in [-0.15, -0.1) is 0 Å². The highest BCUT2D eigenvalue weighted by molar-refractivity contribution is 5.90. The van der Waals surface area contributed by atoms with Gasteiger partial charge >= 0.3 is 53.7 Å². The van der Waals surface area contributed by atoms with Crippen LogP contribution in [0.4, 0.5) is 0 Å². The Balaban J connectivity index is 1.50. The fourth-order valence-electron chi connectivity index (χ4n) is 14.0. The minimum atomic E-state index is -1.45. The molecular weight excluding hydrogens is 1750 g/mol. The topological polar surface area (TPSA) is 612 Å². The van der Waals surface area contributed by atoms with E-state index in [1.54, 1.807) is 4.90 Å². The molecule has 4 aliphatic heterocycles. The smallest absolute Gasteiger partial charge is 0.303 e. The molecule has 19 atom stereocenters. The van der Waals surface area contributed by atoms with Crippen LogP contribution in [0.3, 0.4) is 0 Å². The second kappa shape index (κ2) is 61.7. The fraction of sp³-hybridized carbons (Fsp3) is 0.783. The van der Waals surface area contributed by atoms with Crippen LogP contribution in [0.1, 0.15) is 174 Å².